The van der Waals surface area contributed by atoms with Crippen LogP contribution in [-0.4, -0.2) is 17.5 Å². The highest BCUT2D eigenvalue weighted by Crippen LogP contribution is 2.24. The van der Waals surface area contributed by atoms with Crippen molar-refractivity contribution in [1.29, 1.82) is 0 Å². The molecule has 4 rings (SSSR count). The predicted molar refractivity (Wildman–Crippen MR) is 104 cm³/mol. The minimum Gasteiger partial charge on any atom is -0.337 e. The molecule has 2 aromatic heterocycles. The van der Waals surface area contributed by atoms with Gasteiger partial charge in [0.15, 0.2) is 0 Å². The van der Waals surface area contributed by atoms with Crippen LogP contribution in [0.5, 0.6) is 0 Å². The lowest BCUT2D eigenvalue weighted by Crippen LogP contribution is -2.14. The average molecular weight is 401 g/mol. The molecule has 27 heavy (non-hydrogen) atoms. The van der Waals surface area contributed by atoms with Crippen LogP contribution in [0.3, 0.4) is 0 Å². The minimum absolute atomic E-state index is 0.0638. The number of aryl methyl sites for hydroxylation is 1. The van der Waals surface area contributed by atoms with Crippen molar-refractivity contribution < 1.29 is 12.9 Å². The molecule has 7 nitrogen and oxygen atoms in total. The second-order valence-electron chi connectivity index (χ2n) is 6.01. The first kappa shape index (κ1) is 17.5. The molecule has 0 aliphatic carbocycles. The van der Waals surface area contributed by atoms with Gasteiger partial charge in [0.1, 0.15) is 0 Å². The molecule has 1 N–H and O–H groups in total. The van der Waals surface area contributed by atoms with Gasteiger partial charge in [-0.3, -0.25) is 4.79 Å². The first-order valence-corrected chi connectivity index (χ1v) is 10.3. The summed E-state index contributed by atoms with van der Waals surface area (Å²) in [5.41, 5.74) is 1.73. The van der Waals surface area contributed by atoms with E-state index in [0.717, 1.165) is 4.70 Å². The Kier molecular flexibility index (Phi) is 4.12. The van der Waals surface area contributed by atoms with E-state index in [0.29, 0.717) is 22.3 Å². The van der Waals surface area contributed by atoms with Crippen LogP contribution in [0.2, 0.25) is 0 Å². The fourth-order valence-corrected chi connectivity index (χ4v) is 4.64. The third kappa shape index (κ3) is 3.04. The summed E-state index contributed by atoms with van der Waals surface area (Å²) in [5.74, 6) is 0.0947. The van der Waals surface area contributed by atoms with Crippen molar-refractivity contribution in [1.82, 2.24) is 9.11 Å². The van der Waals surface area contributed by atoms with Crippen LogP contribution in [0.1, 0.15) is 11.3 Å². The molecule has 0 radical (unpaired) electrons. The number of nitrogens with zero attached hydrogens (tertiary/aromatic N) is 2. The number of fused-ring (bicyclic) bond motifs is 1. The summed E-state index contributed by atoms with van der Waals surface area (Å²) >= 11 is 1.31. The maximum Gasteiger partial charge on any atom is 0.273 e. The Bertz CT molecular complexity index is 1300. The van der Waals surface area contributed by atoms with Gasteiger partial charge in [-0.2, -0.15) is 0 Å². The maximum absolute atomic E-state index is 12.6. The molecule has 4 aromatic rings. The number of aromatic nitrogens is 2. The van der Waals surface area contributed by atoms with Crippen molar-refractivity contribution >= 4 is 37.5 Å². The number of anilines is 1. The lowest BCUT2D eigenvalue weighted by atomic mass is 10.3. The van der Waals surface area contributed by atoms with Crippen molar-refractivity contribution in [2.45, 2.75) is 18.7 Å². The molecule has 0 aliphatic heterocycles. The van der Waals surface area contributed by atoms with Gasteiger partial charge in [0.05, 0.1) is 26.4 Å². The van der Waals surface area contributed by atoms with Crippen LogP contribution in [0, 0.1) is 13.8 Å². The topological polar surface area (TPSA) is 94.2 Å². The first-order valence-electron chi connectivity index (χ1n) is 8.04. The van der Waals surface area contributed by atoms with Crippen molar-refractivity contribution in [3.63, 3.8) is 0 Å². The van der Waals surface area contributed by atoms with Gasteiger partial charge in [0.25, 0.3) is 15.6 Å². The first-order chi connectivity index (χ1) is 12.9. The van der Waals surface area contributed by atoms with Crippen molar-refractivity contribution in [2.24, 2.45) is 0 Å². The molecule has 0 saturated heterocycles. The Labute approximate surface area is 159 Å². The summed E-state index contributed by atoms with van der Waals surface area (Å²) in [7, 11) is -3.82. The number of sulfonamides is 1. The summed E-state index contributed by atoms with van der Waals surface area (Å²) in [6.07, 6.45) is 0. The SMILES string of the molecule is Cc1noc(NS(=O)(=O)c2ccc(-n3sc4ccccc4c3=O)cc2)c1C. The van der Waals surface area contributed by atoms with Gasteiger partial charge in [-0.15, -0.1) is 0 Å². The smallest absolute Gasteiger partial charge is 0.273 e. The molecular formula is C18H15N3O4S2. The van der Waals surface area contributed by atoms with E-state index in [1.807, 2.05) is 18.2 Å². The van der Waals surface area contributed by atoms with Crippen molar-refractivity contribution in [2.75, 3.05) is 4.72 Å². The number of rotatable bonds is 4. The van der Waals surface area contributed by atoms with Crippen LogP contribution < -0.4 is 10.3 Å². The van der Waals surface area contributed by atoms with E-state index >= 15 is 0 Å². The highest BCUT2D eigenvalue weighted by atomic mass is 32.2. The fraction of sp³-hybridized carbons (Fsp3) is 0.111. The molecule has 0 atom stereocenters. The largest absolute Gasteiger partial charge is 0.337 e. The fourth-order valence-electron chi connectivity index (χ4n) is 2.59. The Morgan fingerprint density at radius 3 is 2.41 bits per heavy atom. The quantitative estimate of drug-likeness (QED) is 0.565. The van der Waals surface area contributed by atoms with Crippen LogP contribution >= 0.6 is 11.5 Å². The van der Waals surface area contributed by atoms with Gasteiger partial charge in [-0.25, -0.2) is 17.1 Å². The molecule has 0 spiro atoms. The third-order valence-corrected chi connectivity index (χ3v) is 6.72. The Balaban J connectivity index is 1.68. The Morgan fingerprint density at radius 2 is 1.78 bits per heavy atom. The van der Waals surface area contributed by atoms with E-state index in [2.05, 4.69) is 9.88 Å². The van der Waals surface area contributed by atoms with E-state index in [1.165, 1.54) is 23.7 Å². The second-order valence-corrected chi connectivity index (χ2v) is 8.68. The van der Waals surface area contributed by atoms with Gasteiger partial charge < -0.3 is 4.52 Å². The summed E-state index contributed by atoms with van der Waals surface area (Å²) in [6, 6.07) is 13.4. The zero-order valence-electron chi connectivity index (χ0n) is 14.5. The molecule has 0 bridgehead atoms. The van der Waals surface area contributed by atoms with Gasteiger partial charge in [-0.1, -0.05) is 28.8 Å². The summed E-state index contributed by atoms with van der Waals surface area (Å²) < 4.78 is 34.9. The third-order valence-electron chi connectivity index (χ3n) is 4.26. The van der Waals surface area contributed by atoms with E-state index in [1.54, 1.807) is 36.0 Å². The number of nitrogens with one attached hydrogen (secondary N) is 1. The molecule has 0 saturated carbocycles. The normalized spacial score (nSPS) is 11.8. The molecule has 0 amide bonds. The van der Waals surface area contributed by atoms with E-state index < -0.39 is 10.0 Å². The molecule has 2 heterocycles. The van der Waals surface area contributed by atoms with Crippen molar-refractivity contribution in [3.05, 3.63) is 70.1 Å². The highest BCUT2D eigenvalue weighted by molar-refractivity contribution is 7.92. The Hall–Kier alpha value is -2.91. The van der Waals surface area contributed by atoms with E-state index in [4.69, 9.17) is 4.52 Å². The molecule has 0 unspecified atom stereocenters. The van der Waals surface area contributed by atoms with Crippen molar-refractivity contribution in [3.8, 4) is 5.69 Å². The molecule has 138 valence electrons. The predicted octanol–water partition coefficient (Wildman–Crippen LogP) is 3.46. The Morgan fingerprint density at radius 1 is 1.07 bits per heavy atom. The van der Waals surface area contributed by atoms with Gasteiger partial charge in [0.2, 0.25) is 5.88 Å². The number of benzene rings is 2. The van der Waals surface area contributed by atoms with Gasteiger partial charge in [-0.05, 0) is 50.2 Å². The van der Waals surface area contributed by atoms with E-state index in [9.17, 15) is 13.2 Å². The zero-order chi connectivity index (χ0) is 19.2. The lowest BCUT2D eigenvalue weighted by molar-refractivity contribution is 0.430. The summed E-state index contributed by atoms with van der Waals surface area (Å²) in [4.78, 5) is 12.6. The number of hydrogen-bond acceptors (Lipinski definition) is 6. The van der Waals surface area contributed by atoms with Gasteiger partial charge in [0, 0.05) is 5.56 Å². The number of hydrogen-bond donors (Lipinski definition) is 1. The summed E-state index contributed by atoms with van der Waals surface area (Å²) in [5, 5.41) is 4.38. The average Bonchev–Trinajstić information content (AvgIpc) is 3.16. The molecular weight excluding hydrogens is 386 g/mol. The monoisotopic (exact) mass is 401 g/mol. The lowest BCUT2D eigenvalue weighted by Gasteiger charge is -2.07. The molecule has 9 heteroatoms. The maximum atomic E-state index is 12.6. The van der Waals surface area contributed by atoms with E-state index in [-0.39, 0.29) is 16.3 Å². The van der Waals surface area contributed by atoms with Crippen LogP contribution in [-0.2, 0) is 10.0 Å². The minimum atomic E-state index is -3.82. The molecule has 2 aromatic carbocycles. The zero-order valence-corrected chi connectivity index (χ0v) is 16.1. The van der Waals surface area contributed by atoms with Gasteiger partial charge >= 0.3 is 0 Å². The summed E-state index contributed by atoms with van der Waals surface area (Å²) in [6.45, 7) is 3.45. The van der Waals surface area contributed by atoms with Crippen LogP contribution in [0.25, 0.3) is 15.8 Å². The standard InChI is InChI=1S/C18H15N3O4S2/c1-11-12(2)19-25-17(11)20-27(23,24)14-9-7-13(8-10-14)21-18(22)15-5-3-4-6-16(15)26-21/h3-10,20H,1-2H3. The second kappa shape index (κ2) is 6.36. The molecule has 0 aliphatic rings. The highest BCUT2D eigenvalue weighted by Gasteiger charge is 2.19. The van der Waals surface area contributed by atoms with Crippen LogP contribution in [0.15, 0.2) is 62.7 Å². The molecule has 0 fully saturated rings. The van der Waals surface area contributed by atoms with Crippen LogP contribution in [0.4, 0.5) is 5.88 Å².